The summed E-state index contributed by atoms with van der Waals surface area (Å²) in [5.74, 6) is 0. The normalized spacial score (nSPS) is 10.4. The van der Waals surface area contributed by atoms with Crippen LogP contribution in [0.5, 0.6) is 0 Å². The van der Waals surface area contributed by atoms with Gasteiger partial charge < -0.3 is 5.73 Å². The van der Waals surface area contributed by atoms with Crippen LogP contribution in [0.4, 0.5) is 0 Å². The average Bonchev–Trinajstić information content (AvgIpc) is 2.35. The summed E-state index contributed by atoms with van der Waals surface area (Å²) < 4.78 is 0. The van der Waals surface area contributed by atoms with Gasteiger partial charge in [-0.05, 0) is 39.2 Å². The Balaban J connectivity index is 0.00000108. The van der Waals surface area contributed by atoms with Gasteiger partial charge in [0, 0.05) is 6.54 Å². The summed E-state index contributed by atoms with van der Waals surface area (Å²) in [5, 5.41) is 5.09. The number of hydrogen-bond acceptors (Lipinski definition) is 1. The van der Waals surface area contributed by atoms with E-state index in [1.54, 1.807) is 0 Å². The van der Waals surface area contributed by atoms with E-state index in [-0.39, 0.29) is 12.4 Å². The fourth-order valence-electron chi connectivity index (χ4n) is 2.21. The summed E-state index contributed by atoms with van der Waals surface area (Å²) in [6.07, 6.45) is 0. The minimum atomic E-state index is 0. The van der Waals surface area contributed by atoms with Gasteiger partial charge in [0.05, 0.1) is 0 Å². The first-order valence-electron chi connectivity index (χ1n) is 5.49. The van der Waals surface area contributed by atoms with Crippen molar-refractivity contribution in [2.24, 2.45) is 5.73 Å². The molecular weight excluding hydrogens is 230 g/mol. The predicted molar refractivity (Wildman–Crippen MR) is 76.6 cm³/mol. The molecule has 2 N–H and O–H groups in total. The Kier molecular flexibility index (Phi) is 3.32. The smallest absolute Gasteiger partial charge is 0.0184 e. The Labute approximate surface area is 107 Å². The molecule has 17 heavy (non-hydrogen) atoms. The maximum Gasteiger partial charge on any atom is 0.0184 e. The summed E-state index contributed by atoms with van der Waals surface area (Å²) in [4.78, 5) is 0. The van der Waals surface area contributed by atoms with Gasteiger partial charge >= 0.3 is 0 Å². The summed E-state index contributed by atoms with van der Waals surface area (Å²) in [7, 11) is 0. The van der Waals surface area contributed by atoms with Crippen LogP contribution in [0.2, 0.25) is 0 Å². The third-order valence-electron chi connectivity index (χ3n) is 3.06. The molecule has 0 saturated carbocycles. The fourth-order valence-corrected chi connectivity index (χ4v) is 2.21. The van der Waals surface area contributed by atoms with Gasteiger partial charge in [0.25, 0.3) is 0 Å². The van der Waals surface area contributed by atoms with E-state index in [1.165, 1.54) is 27.1 Å². The molecule has 86 valence electrons. The highest BCUT2D eigenvalue weighted by Gasteiger charge is 2.01. The van der Waals surface area contributed by atoms with Crippen LogP contribution in [0.15, 0.2) is 54.6 Å². The van der Waals surface area contributed by atoms with Crippen molar-refractivity contribution in [3.8, 4) is 0 Å². The van der Waals surface area contributed by atoms with Crippen LogP contribution in [0.1, 0.15) is 5.56 Å². The zero-order valence-corrected chi connectivity index (χ0v) is 10.2. The first-order valence-corrected chi connectivity index (χ1v) is 5.49. The number of rotatable bonds is 1. The van der Waals surface area contributed by atoms with Gasteiger partial charge in [0.15, 0.2) is 0 Å². The van der Waals surface area contributed by atoms with E-state index in [2.05, 4.69) is 54.6 Å². The van der Waals surface area contributed by atoms with Crippen LogP contribution in [-0.4, -0.2) is 0 Å². The lowest BCUT2D eigenvalue weighted by Crippen LogP contribution is -1.96. The molecule has 0 spiro atoms. The third kappa shape index (κ3) is 1.99. The number of fused-ring (bicyclic) bond motifs is 2. The molecule has 1 nitrogen and oxygen atoms in total. The molecule has 0 radical (unpaired) electrons. The molecule has 3 aromatic carbocycles. The van der Waals surface area contributed by atoms with Crippen molar-refractivity contribution in [1.82, 2.24) is 0 Å². The van der Waals surface area contributed by atoms with Gasteiger partial charge in [0.2, 0.25) is 0 Å². The number of nitrogens with two attached hydrogens (primary N) is 1. The Morgan fingerprint density at radius 1 is 0.765 bits per heavy atom. The third-order valence-corrected chi connectivity index (χ3v) is 3.06. The maximum atomic E-state index is 5.76. The molecule has 0 saturated heterocycles. The molecule has 0 aromatic heterocycles. The molecule has 3 rings (SSSR count). The van der Waals surface area contributed by atoms with Gasteiger partial charge in [-0.15, -0.1) is 12.4 Å². The second-order valence-corrected chi connectivity index (χ2v) is 4.04. The zero-order valence-electron chi connectivity index (χ0n) is 9.39. The second kappa shape index (κ2) is 4.74. The molecule has 0 aliphatic carbocycles. The van der Waals surface area contributed by atoms with E-state index in [4.69, 9.17) is 5.73 Å². The van der Waals surface area contributed by atoms with Gasteiger partial charge in [-0.2, -0.15) is 0 Å². The van der Waals surface area contributed by atoms with Crippen molar-refractivity contribution >= 4 is 34.0 Å². The van der Waals surface area contributed by atoms with Crippen LogP contribution < -0.4 is 5.73 Å². The molecule has 3 aromatic rings. The van der Waals surface area contributed by atoms with Gasteiger partial charge in [0.1, 0.15) is 0 Å². The molecular formula is C15H14ClN. The molecule has 0 fully saturated rings. The van der Waals surface area contributed by atoms with Crippen molar-refractivity contribution in [2.45, 2.75) is 6.54 Å². The predicted octanol–water partition coefficient (Wildman–Crippen LogP) is 3.87. The summed E-state index contributed by atoms with van der Waals surface area (Å²) >= 11 is 0. The van der Waals surface area contributed by atoms with Crippen LogP contribution in [0.3, 0.4) is 0 Å². The van der Waals surface area contributed by atoms with Crippen LogP contribution in [0, 0.1) is 0 Å². The Morgan fingerprint density at radius 3 is 2.12 bits per heavy atom. The van der Waals surface area contributed by atoms with Crippen LogP contribution in [-0.2, 0) is 6.54 Å². The molecule has 2 heteroatoms. The van der Waals surface area contributed by atoms with E-state index in [0.717, 1.165) is 0 Å². The molecule has 0 atom stereocenters. The Hall–Kier alpha value is -1.57. The molecule has 0 heterocycles. The van der Waals surface area contributed by atoms with Gasteiger partial charge in [-0.1, -0.05) is 42.5 Å². The lowest BCUT2D eigenvalue weighted by atomic mass is 10.00. The van der Waals surface area contributed by atoms with Crippen molar-refractivity contribution in [2.75, 3.05) is 0 Å². The van der Waals surface area contributed by atoms with Gasteiger partial charge in [-0.25, -0.2) is 0 Å². The summed E-state index contributed by atoms with van der Waals surface area (Å²) in [6.45, 7) is 0.593. The highest BCUT2D eigenvalue weighted by molar-refractivity contribution is 5.99. The zero-order chi connectivity index (χ0) is 11.0. The fraction of sp³-hybridized carbons (Fsp3) is 0.0667. The van der Waals surface area contributed by atoms with Crippen molar-refractivity contribution in [3.05, 3.63) is 60.2 Å². The number of halogens is 1. The molecule has 0 aliphatic rings. The standard InChI is InChI=1S/C15H13N.ClH/c16-10-14-7-3-6-13-8-11-4-1-2-5-12(11)9-15(13)14;/h1-9H,10,16H2;1H. The quantitative estimate of drug-likeness (QED) is 0.645. The lowest BCUT2D eigenvalue weighted by molar-refractivity contribution is 1.09. The second-order valence-electron chi connectivity index (χ2n) is 4.04. The lowest BCUT2D eigenvalue weighted by Gasteiger charge is -2.06. The van der Waals surface area contributed by atoms with E-state index in [9.17, 15) is 0 Å². The van der Waals surface area contributed by atoms with E-state index in [1.807, 2.05) is 0 Å². The first kappa shape index (κ1) is 11.9. The van der Waals surface area contributed by atoms with Gasteiger partial charge in [-0.3, -0.25) is 0 Å². The number of benzene rings is 3. The Morgan fingerprint density at radius 2 is 1.41 bits per heavy atom. The largest absolute Gasteiger partial charge is 0.326 e. The van der Waals surface area contributed by atoms with E-state index >= 15 is 0 Å². The average molecular weight is 244 g/mol. The highest BCUT2D eigenvalue weighted by atomic mass is 35.5. The van der Waals surface area contributed by atoms with Crippen molar-refractivity contribution < 1.29 is 0 Å². The van der Waals surface area contributed by atoms with Crippen molar-refractivity contribution in [1.29, 1.82) is 0 Å². The Bertz CT molecular complexity index is 661. The summed E-state index contributed by atoms with van der Waals surface area (Å²) in [6, 6.07) is 19.2. The van der Waals surface area contributed by atoms with E-state index < -0.39 is 0 Å². The van der Waals surface area contributed by atoms with E-state index in [0.29, 0.717) is 6.54 Å². The minimum Gasteiger partial charge on any atom is -0.326 e. The molecule has 0 bridgehead atoms. The molecule has 0 unspecified atom stereocenters. The SMILES string of the molecule is Cl.NCc1cccc2cc3ccccc3cc12. The number of hydrogen-bond donors (Lipinski definition) is 1. The maximum absolute atomic E-state index is 5.76. The van der Waals surface area contributed by atoms with Crippen molar-refractivity contribution in [3.63, 3.8) is 0 Å². The summed E-state index contributed by atoms with van der Waals surface area (Å²) in [5.41, 5.74) is 6.97. The topological polar surface area (TPSA) is 26.0 Å². The highest BCUT2D eigenvalue weighted by Crippen LogP contribution is 2.25. The minimum absolute atomic E-state index is 0. The first-order chi connectivity index (χ1) is 7.88. The molecule has 0 aliphatic heterocycles. The molecule has 0 amide bonds. The van der Waals surface area contributed by atoms with Crippen LogP contribution >= 0.6 is 12.4 Å². The van der Waals surface area contributed by atoms with Crippen LogP contribution in [0.25, 0.3) is 21.5 Å². The monoisotopic (exact) mass is 243 g/mol.